The maximum Gasteiger partial charge on any atom is 0.266 e. The van der Waals surface area contributed by atoms with Crippen molar-refractivity contribution in [2.24, 2.45) is 4.99 Å². The van der Waals surface area contributed by atoms with E-state index >= 15 is 4.39 Å². The van der Waals surface area contributed by atoms with Crippen LogP contribution in [0.3, 0.4) is 0 Å². The molecule has 0 fully saturated rings. The number of nitrogens with one attached hydrogen (secondary N) is 2. The van der Waals surface area contributed by atoms with Crippen LogP contribution in [0.5, 0.6) is 0 Å². The maximum absolute atomic E-state index is 15.0. The zero-order valence-electron chi connectivity index (χ0n) is 19.5. The third-order valence-electron chi connectivity index (χ3n) is 5.79. The number of aliphatic imine (C=N–C) groups is 1. The lowest BCUT2D eigenvalue weighted by Gasteiger charge is -2.27. The van der Waals surface area contributed by atoms with Gasteiger partial charge in [0, 0.05) is 30.3 Å². The lowest BCUT2D eigenvalue weighted by atomic mass is 9.91. The molecule has 0 saturated carbocycles. The number of sulfonamides is 2. The second-order valence-corrected chi connectivity index (χ2v) is 11.9. The normalized spacial score (nSPS) is 16.5. The molecule has 0 aliphatic carbocycles. The number of anilines is 2. The number of nitrogens with zero attached hydrogens (tertiary/aromatic N) is 3. The van der Waals surface area contributed by atoms with Gasteiger partial charge in [0.1, 0.15) is 22.3 Å². The molecule has 0 radical (unpaired) electrons. The minimum absolute atomic E-state index is 0.0331. The van der Waals surface area contributed by atoms with Gasteiger partial charge in [0.2, 0.25) is 16.0 Å². The number of benzene rings is 2. The molecule has 2 heterocycles. The third-order valence-corrected chi connectivity index (χ3v) is 8.34. The fourth-order valence-electron chi connectivity index (χ4n) is 3.89. The van der Waals surface area contributed by atoms with Gasteiger partial charge in [-0.2, -0.15) is 0 Å². The number of rotatable bonds is 6. The van der Waals surface area contributed by atoms with E-state index in [0.29, 0.717) is 5.56 Å². The molecule has 2 N–H and O–H groups in total. The van der Waals surface area contributed by atoms with Crippen molar-refractivity contribution < 1.29 is 25.6 Å². The van der Waals surface area contributed by atoms with Gasteiger partial charge in [-0.05, 0) is 29.8 Å². The number of pyridine rings is 1. The number of halogens is 2. The topological polar surface area (TPSA) is 121 Å². The van der Waals surface area contributed by atoms with Gasteiger partial charge in [-0.25, -0.2) is 40.3 Å². The number of hydrogen-bond acceptors (Lipinski definition) is 6. The van der Waals surface area contributed by atoms with Gasteiger partial charge in [0.15, 0.2) is 0 Å². The van der Waals surface area contributed by atoms with E-state index in [0.717, 1.165) is 22.7 Å². The van der Waals surface area contributed by atoms with Crippen molar-refractivity contribution in [3.05, 3.63) is 83.1 Å². The van der Waals surface area contributed by atoms with Crippen molar-refractivity contribution in [2.45, 2.75) is 24.3 Å². The molecule has 3 aromatic rings. The summed E-state index contributed by atoms with van der Waals surface area (Å²) in [6.07, 6.45) is 2.45. The van der Waals surface area contributed by atoms with Crippen molar-refractivity contribution >= 4 is 37.5 Å². The molecular formula is C23H23F2N5O4S2. The van der Waals surface area contributed by atoms with Crippen molar-refractivity contribution in [3.8, 4) is 0 Å². The smallest absolute Gasteiger partial charge is 0.266 e. The van der Waals surface area contributed by atoms with Gasteiger partial charge in [0.05, 0.1) is 18.5 Å². The van der Waals surface area contributed by atoms with E-state index in [1.807, 2.05) is 0 Å². The summed E-state index contributed by atoms with van der Waals surface area (Å²) in [5.74, 6) is -2.16. The Morgan fingerprint density at radius 1 is 1.08 bits per heavy atom. The molecule has 9 nitrogen and oxygen atoms in total. The van der Waals surface area contributed by atoms with Crippen LogP contribution in [0.25, 0.3) is 0 Å². The zero-order valence-corrected chi connectivity index (χ0v) is 21.2. The van der Waals surface area contributed by atoms with E-state index in [2.05, 4.69) is 20.0 Å². The van der Waals surface area contributed by atoms with Gasteiger partial charge in [-0.3, -0.25) is 4.31 Å². The fraction of sp³-hybridized carbons (Fsp3) is 0.217. The molecular weight excluding hydrogens is 512 g/mol. The molecule has 0 saturated heterocycles. The largest absolute Gasteiger partial charge is 0.324 e. The summed E-state index contributed by atoms with van der Waals surface area (Å²) in [5.41, 5.74) is 0.519. The second-order valence-electron chi connectivity index (χ2n) is 8.19. The molecule has 13 heteroatoms. The quantitative estimate of drug-likeness (QED) is 0.500. The van der Waals surface area contributed by atoms with Crippen LogP contribution in [-0.4, -0.2) is 41.1 Å². The minimum atomic E-state index is -4.14. The second kappa shape index (κ2) is 9.47. The Hall–Kier alpha value is -3.58. The van der Waals surface area contributed by atoms with Crippen molar-refractivity contribution in [1.29, 1.82) is 0 Å². The van der Waals surface area contributed by atoms with Gasteiger partial charge in [-0.1, -0.05) is 31.2 Å². The lowest BCUT2D eigenvalue weighted by Crippen LogP contribution is -2.41. The average Bonchev–Trinajstić information content (AvgIpc) is 2.81. The standard InChI is InChI=1S/C23H23F2N5O4S2/c1-14(16-8-4-5-9-17(16)24)20-18(25)10-11-19-21(20)28-23(29-36(19,33)34)27-13-15-7-6-12-26-22(15)30(2)35(3,31)32/h4-12,14H,13H2,1-3H3,(H2,27,28,29)/t14-/m0/s1. The van der Waals surface area contributed by atoms with Crippen LogP contribution >= 0.6 is 0 Å². The Balaban J connectivity index is 1.75. The molecule has 0 bridgehead atoms. The van der Waals surface area contributed by atoms with E-state index in [4.69, 9.17) is 0 Å². The average molecular weight is 536 g/mol. The summed E-state index contributed by atoms with van der Waals surface area (Å²) in [7, 11) is -6.40. The van der Waals surface area contributed by atoms with Gasteiger partial charge >= 0.3 is 0 Å². The monoisotopic (exact) mass is 535 g/mol. The number of aromatic nitrogens is 1. The van der Waals surface area contributed by atoms with Crippen molar-refractivity contribution in [1.82, 2.24) is 9.71 Å². The molecule has 190 valence electrons. The van der Waals surface area contributed by atoms with Crippen molar-refractivity contribution in [3.63, 3.8) is 0 Å². The van der Waals surface area contributed by atoms with Crippen LogP contribution in [0.15, 0.2) is 64.6 Å². The zero-order chi connectivity index (χ0) is 26.3. The van der Waals surface area contributed by atoms with Gasteiger partial charge in [-0.15, -0.1) is 0 Å². The first-order chi connectivity index (χ1) is 16.9. The van der Waals surface area contributed by atoms with Crippen LogP contribution in [0.2, 0.25) is 0 Å². The number of fused-ring (bicyclic) bond motifs is 1. The Kier molecular flexibility index (Phi) is 6.71. The number of hydrogen-bond donors (Lipinski definition) is 2. The first-order valence-electron chi connectivity index (χ1n) is 10.7. The van der Waals surface area contributed by atoms with Crippen LogP contribution in [0.4, 0.5) is 20.3 Å². The van der Waals surface area contributed by atoms with Crippen LogP contribution < -0.4 is 14.3 Å². The summed E-state index contributed by atoms with van der Waals surface area (Å²) in [5, 5.41) is 2.83. The Morgan fingerprint density at radius 3 is 2.50 bits per heavy atom. The first kappa shape index (κ1) is 25.5. The van der Waals surface area contributed by atoms with Crippen LogP contribution in [0.1, 0.15) is 29.5 Å². The highest BCUT2D eigenvalue weighted by molar-refractivity contribution is 7.92. The lowest BCUT2D eigenvalue weighted by molar-refractivity contribution is 0.577. The van der Waals surface area contributed by atoms with Crippen molar-refractivity contribution in [2.75, 3.05) is 22.9 Å². The molecule has 1 aliphatic rings. The van der Waals surface area contributed by atoms with Gasteiger partial charge < -0.3 is 5.32 Å². The molecule has 1 aromatic heterocycles. The first-order valence-corrected chi connectivity index (χ1v) is 14.0. The van der Waals surface area contributed by atoms with Crippen LogP contribution in [-0.2, 0) is 26.6 Å². The molecule has 36 heavy (non-hydrogen) atoms. The van der Waals surface area contributed by atoms with E-state index in [1.165, 1.54) is 31.4 Å². The molecule has 2 aromatic carbocycles. The highest BCUT2D eigenvalue weighted by atomic mass is 32.2. The summed E-state index contributed by atoms with van der Waals surface area (Å²) in [6, 6.07) is 11.2. The SMILES string of the molecule is C[C@@H](c1ccccc1F)c1c(F)ccc2c1NC(=NCc1cccnc1N(C)S(C)(=O)=O)NS2(=O)=O. The molecule has 1 atom stereocenters. The molecule has 1 aliphatic heterocycles. The maximum atomic E-state index is 15.0. The van der Waals surface area contributed by atoms with E-state index < -0.39 is 37.6 Å². The van der Waals surface area contributed by atoms with E-state index in [1.54, 1.807) is 25.1 Å². The fourth-order valence-corrected chi connectivity index (χ4v) is 5.52. The van der Waals surface area contributed by atoms with E-state index in [-0.39, 0.29) is 40.0 Å². The Bertz CT molecular complexity index is 1580. The predicted molar refractivity (Wildman–Crippen MR) is 133 cm³/mol. The predicted octanol–water partition coefficient (Wildman–Crippen LogP) is 3.17. The highest BCUT2D eigenvalue weighted by Crippen LogP contribution is 2.38. The molecule has 0 amide bonds. The third kappa shape index (κ3) is 4.88. The van der Waals surface area contributed by atoms with Gasteiger partial charge in [0.25, 0.3) is 10.0 Å². The summed E-state index contributed by atoms with van der Waals surface area (Å²) < 4.78 is 82.7. The summed E-state index contributed by atoms with van der Waals surface area (Å²) >= 11 is 0. The van der Waals surface area contributed by atoms with Crippen LogP contribution in [0, 0.1) is 11.6 Å². The Morgan fingerprint density at radius 2 is 1.81 bits per heavy atom. The summed E-state index contributed by atoms with van der Waals surface area (Å²) in [4.78, 5) is 8.14. The minimum Gasteiger partial charge on any atom is -0.324 e. The highest BCUT2D eigenvalue weighted by Gasteiger charge is 2.32. The molecule has 4 rings (SSSR count). The summed E-state index contributed by atoms with van der Waals surface area (Å²) in [6.45, 7) is 1.43. The van der Waals surface area contributed by atoms with E-state index in [9.17, 15) is 21.2 Å². The molecule has 0 spiro atoms. The molecule has 0 unspecified atom stereocenters. The Labute approximate surface area is 208 Å². The number of guanidine groups is 1.